The Bertz CT molecular complexity index is 392. The van der Waals surface area contributed by atoms with Gasteiger partial charge < -0.3 is 5.32 Å². The van der Waals surface area contributed by atoms with Crippen molar-refractivity contribution >= 4 is 11.8 Å². The highest BCUT2D eigenvalue weighted by atomic mass is 32.2. The van der Waals surface area contributed by atoms with Crippen LogP contribution in [0.15, 0.2) is 24.3 Å². The summed E-state index contributed by atoms with van der Waals surface area (Å²) in [5.74, 6) is 3.51. The summed E-state index contributed by atoms with van der Waals surface area (Å²) in [6.07, 6.45) is 5.42. The maximum absolute atomic E-state index is 3.86. The molecular weight excluding hydrogens is 238 g/mol. The molecule has 0 bridgehead atoms. The molecule has 1 aliphatic carbocycles. The summed E-state index contributed by atoms with van der Waals surface area (Å²) >= 11 is 2.11. The van der Waals surface area contributed by atoms with E-state index >= 15 is 0 Å². The minimum atomic E-state index is 0.781. The Labute approximate surface area is 115 Å². The van der Waals surface area contributed by atoms with Crippen LogP contribution >= 0.6 is 11.8 Å². The quantitative estimate of drug-likeness (QED) is 0.890. The number of aryl methyl sites for hydroxylation is 1. The molecule has 1 aliphatic heterocycles. The lowest BCUT2D eigenvalue weighted by molar-refractivity contribution is 0.258. The van der Waals surface area contributed by atoms with Crippen molar-refractivity contribution in [2.24, 2.45) is 0 Å². The summed E-state index contributed by atoms with van der Waals surface area (Å²) in [7, 11) is 0. The van der Waals surface area contributed by atoms with Crippen LogP contribution in [0.2, 0.25) is 0 Å². The molecule has 0 aromatic heterocycles. The molecule has 1 heterocycles. The van der Waals surface area contributed by atoms with E-state index in [-0.39, 0.29) is 0 Å². The van der Waals surface area contributed by atoms with Crippen LogP contribution in [0.5, 0.6) is 0 Å². The van der Waals surface area contributed by atoms with Gasteiger partial charge in [-0.3, -0.25) is 0 Å². The Kier molecular flexibility index (Phi) is 3.95. The Hall–Kier alpha value is -0.470. The summed E-state index contributed by atoms with van der Waals surface area (Å²) < 4.78 is 0. The monoisotopic (exact) mass is 261 g/mol. The van der Waals surface area contributed by atoms with E-state index in [1.165, 1.54) is 42.8 Å². The van der Waals surface area contributed by atoms with Gasteiger partial charge in [-0.15, -0.1) is 0 Å². The van der Waals surface area contributed by atoms with Crippen LogP contribution in [0.3, 0.4) is 0 Å². The van der Waals surface area contributed by atoms with Gasteiger partial charge in [0.1, 0.15) is 0 Å². The highest BCUT2D eigenvalue weighted by molar-refractivity contribution is 7.99. The fraction of sp³-hybridized carbons (Fsp3) is 0.625. The second kappa shape index (κ2) is 5.66. The van der Waals surface area contributed by atoms with Crippen LogP contribution in [-0.4, -0.2) is 23.6 Å². The number of thioether (sulfide) groups is 1. The maximum atomic E-state index is 3.86. The molecule has 2 aliphatic rings. The van der Waals surface area contributed by atoms with Crippen molar-refractivity contribution in [3.8, 4) is 0 Å². The van der Waals surface area contributed by atoms with Gasteiger partial charge in [0.25, 0.3) is 0 Å². The fourth-order valence-electron chi connectivity index (χ4n) is 3.15. The molecule has 0 atom stereocenters. The predicted molar refractivity (Wildman–Crippen MR) is 80.4 cm³/mol. The summed E-state index contributed by atoms with van der Waals surface area (Å²) in [6, 6.07) is 10.6. The van der Waals surface area contributed by atoms with Gasteiger partial charge in [0, 0.05) is 12.1 Å². The minimum absolute atomic E-state index is 0.781. The normalized spacial score (nSPS) is 28.9. The first-order valence-corrected chi connectivity index (χ1v) is 8.37. The van der Waals surface area contributed by atoms with Crippen molar-refractivity contribution in [2.45, 2.75) is 50.6 Å². The third kappa shape index (κ3) is 2.92. The second-order valence-corrected chi connectivity index (χ2v) is 7.06. The van der Waals surface area contributed by atoms with Crippen LogP contribution in [0.4, 0.5) is 0 Å². The second-order valence-electron chi connectivity index (χ2n) is 5.83. The van der Waals surface area contributed by atoms with Crippen molar-refractivity contribution in [3.63, 3.8) is 0 Å². The van der Waals surface area contributed by atoms with Crippen molar-refractivity contribution in [1.82, 2.24) is 5.32 Å². The SMILES string of the molecule is Cc1cccc(C2CC(NC3CCSCC3)C2)c1. The molecule has 1 saturated carbocycles. The predicted octanol–water partition coefficient (Wildman–Crippen LogP) is 3.73. The van der Waals surface area contributed by atoms with Crippen molar-refractivity contribution in [2.75, 3.05) is 11.5 Å². The van der Waals surface area contributed by atoms with Crippen LogP contribution < -0.4 is 5.32 Å². The summed E-state index contributed by atoms with van der Waals surface area (Å²) in [4.78, 5) is 0. The molecule has 98 valence electrons. The van der Waals surface area contributed by atoms with Gasteiger partial charge in [0.15, 0.2) is 0 Å². The maximum Gasteiger partial charge on any atom is 0.00853 e. The van der Waals surface area contributed by atoms with Gasteiger partial charge in [-0.05, 0) is 55.6 Å². The van der Waals surface area contributed by atoms with E-state index in [0.29, 0.717) is 0 Å². The van der Waals surface area contributed by atoms with Crippen LogP contribution in [0.25, 0.3) is 0 Å². The van der Waals surface area contributed by atoms with Gasteiger partial charge in [0.2, 0.25) is 0 Å². The van der Waals surface area contributed by atoms with Crippen LogP contribution in [0.1, 0.15) is 42.7 Å². The zero-order valence-electron chi connectivity index (χ0n) is 11.2. The summed E-state index contributed by atoms with van der Waals surface area (Å²) in [5, 5.41) is 3.86. The van der Waals surface area contributed by atoms with E-state index in [4.69, 9.17) is 0 Å². The average Bonchev–Trinajstić information content (AvgIpc) is 2.34. The molecule has 0 unspecified atom stereocenters. The third-order valence-electron chi connectivity index (χ3n) is 4.34. The number of benzene rings is 1. The van der Waals surface area contributed by atoms with E-state index in [0.717, 1.165) is 18.0 Å². The standard InChI is InChI=1S/C16H23NS/c1-12-3-2-4-13(9-12)14-10-16(11-14)17-15-5-7-18-8-6-15/h2-4,9,14-17H,5-8,10-11H2,1H3. The number of hydrogen-bond acceptors (Lipinski definition) is 2. The molecule has 1 nitrogen and oxygen atoms in total. The van der Waals surface area contributed by atoms with Crippen LogP contribution in [0, 0.1) is 6.92 Å². The summed E-state index contributed by atoms with van der Waals surface area (Å²) in [6.45, 7) is 2.19. The minimum Gasteiger partial charge on any atom is -0.311 e. The van der Waals surface area contributed by atoms with E-state index < -0.39 is 0 Å². The van der Waals surface area contributed by atoms with E-state index in [2.05, 4.69) is 48.3 Å². The zero-order valence-corrected chi connectivity index (χ0v) is 12.0. The molecular formula is C16H23NS. The Balaban J connectivity index is 1.48. The van der Waals surface area contributed by atoms with Gasteiger partial charge in [-0.25, -0.2) is 0 Å². The highest BCUT2D eigenvalue weighted by Gasteiger charge is 2.31. The van der Waals surface area contributed by atoms with Gasteiger partial charge >= 0.3 is 0 Å². The Morgan fingerprint density at radius 1 is 1.11 bits per heavy atom. The first-order chi connectivity index (χ1) is 8.81. The third-order valence-corrected chi connectivity index (χ3v) is 5.39. The fourth-order valence-corrected chi connectivity index (χ4v) is 4.25. The van der Waals surface area contributed by atoms with Crippen molar-refractivity contribution < 1.29 is 0 Å². The molecule has 1 saturated heterocycles. The van der Waals surface area contributed by atoms with E-state index in [1.807, 2.05) is 0 Å². The van der Waals surface area contributed by atoms with Crippen molar-refractivity contribution in [1.29, 1.82) is 0 Å². The molecule has 0 amide bonds. The van der Waals surface area contributed by atoms with Crippen LogP contribution in [-0.2, 0) is 0 Å². The molecule has 0 spiro atoms. The Morgan fingerprint density at radius 2 is 1.89 bits per heavy atom. The largest absolute Gasteiger partial charge is 0.311 e. The molecule has 1 N–H and O–H groups in total. The first kappa shape index (κ1) is 12.6. The van der Waals surface area contributed by atoms with E-state index in [1.54, 1.807) is 5.56 Å². The smallest absolute Gasteiger partial charge is 0.00853 e. The molecule has 1 aromatic carbocycles. The van der Waals surface area contributed by atoms with Gasteiger partial charge in [-0.1, -0.05) is 29.8 Å². The lowest BCUT2D eigenvalue weighted by Crippen LogP contribution is -2.46. The van der Waals surface area contributed by atoms with Crippen molar-refractivity contribution in [3.05, 3.63) is 35.4 Å². The molecule has 18 heavy (non-hydrogen) atoms. The molecule has 2 heteroatoms. The number of rotatable bonds is 3. The lowest BCUT2D eigenvalue weighted by Gasteiger charge is -2.39. The average molecular weight is 261 g/mol. The van der Waals surface area contributed by atoms with E-state index in [9.17, 15) is 0 Å². The molecule has 1 aromatic rings. The number of nitrogens with one attached hydrogen (secondary N) is 1. The number of hydrogen-bond donors (Lipinski definition) is 1. The molecule has 0 radical (unpaired) electrons. The topological polar surface area (TPSA) is 12.0 Å². The summed E-state index contributed by atoms with van der Waals surface area (Å²) in [5.41, 5.74) is 2.94. The first-order valence-electron chi connectivity index (χ1n) is 7.21. The molecule has 3 rings (SSSR count). The molecule has 2 fully saturated rings. The zero-order chi connectivity index (χ0) is 12.4. The highest BCUT2D eigenvalue weighted by Crippen LogP contribution is 2.37. The van der Waals surface area contributed by atoms with Gasteiger partial charge in [0.05, 0.1) is 0 Å². The van der Waals surface area contributed by atoms with Gasteiger partial charge in [-0.2, -0.15) is 11.8 Å². The lowest BCUT2D eigenvalue weighted by atomic mass is 9.75. The Morgan fingerprint density at radius 3 is 2.61 bits per heavy atom.